The predicted molar refractivity (Wildman–Crippen MR) is 83.9 cm³/mol. The second-order valence-electron chi connectivity index (χ2n) is 4.55. The van der Waals surface area contributed by atoms with Crippen LogP contribution in [0.1, 0.15) is 0 Å². The number of hydrogen-bond donors (Lipinski definition) is 1. The number of halogens is 2. The summed E-state index contributed by atoms with van der Waals surface area (Å²) in [5.41, 5.74) is 8.25. The zero-order chi connectivity index (χ0) is 15.0. The van der Waals surface area contributed by atoms with Crippen molar-refractivity contribution in [3.05, 3.63) is 52.9 Å². The van der Waals surface area contributed by atoms with Gasteiger partial charge in [0.2, 0.25) is 0 Å². The molecule has 2 N–H and O–H groups in total. The van der Waals surface area contributed by atoms with Gasteiger partial charge in [0.15, 0.2) is 0 Å². The lowest BCUT2D eigenvalue weighted by atomic mass is 10.0. The largest absolute Gasteiger partial charge is 0.383 e. The second-order valence-corrected chi connectivity index (χ2v) is 5.40. The zero-order valence-corrected chi connectivity index (χ0v) is 12.8. The summed E-state index contributed by atoms with van der Waals surface area (Å²) in [4.78, 5) is 4.29. The summed E-state index contributed by atoms with van der Waals surface area (Å²) in [5, 5.41) is 4.35. The van der Waals surface area contributed by atoms with Gasteiger partial charge in [0.05, 0.1) is 15.7 Å². The number of aromatic nitrogens is 3. The van der Waals surface area contributed by atoms with Crippen molar-refractivity contribution in [1.82, 2.24) is 14.8 Å². The molecule has 106 valence electrons. The van der Waals surface area contributed by atoms with E-state index in [1.807, 2.05) is 18.2 Å². The van der Waals surface area contributed by atoms with Gasteiger partial charge in [-0.15, -0.1) is 0 Å². The van der Waals surface area contributed by atoms with Crippen molar-refractivity contribution in [3.8, 4) is 22.5 Å². The smallest absolute Gasteiger partial charge is 0.146 e. The Labute approximate surface area is 129 Å². The molecule has 0 saturated carbocycles. The highest BCUT2D eigenvalue weighted by atomic mass is 79.9. The van der Waals surface area contributed by atoms with E-state index in [2.05, 4.69) is 26.0 Å². The van der Waals surface area contributed by atoms with E-state index in [1.54, 1.807) is 31.4 Å². The number of nitrogens with two attached hydrogens (primary N) is 1. The number of rotatable bonds is 2. The van der Waals surface area contributed by atoms with Crippen LogP contribution in [0, 0.1) is 5.82 Å². The molecule has 2 aromatic heterocycles. The van der Waals surface area contributed by atoms with Crippen LogP contribution in [0.25, 0.3) is 22.5 Å². The third-order valence-corrected chi connectivity index (χ3v) is 3.83. The fraction of sp³-hybridized carbons (Fsp3) is 0.0667. The molecule has 0 saturated heterocycles. The van der Waals surface area contributed by atoms with Gasteiger partial charge in [-0.05, 0) is 40.2 Å². The van der Waals surface area contributed by atoms with Crippen molar-refractivity contribution in [1.29, 1.82) is 0 Å². The Morgan fingerprint density at radius 2 is 2.00 bits per heavy atom. The van der Waals surface area contributed by atoms with Crippen LogP contribution >= 0.6 is 15.9 Å². The molecule has 6 heteroatoms. The van der Waals surface area contributed by atoms with E-state index in [-0.39, 0.29) is 5.82 Å². The van der Waals surface area contributed by atoms with Crippen molar-refractivity contribution in [2.45, 2.75) is 0 Å². The number of aryl methyl sites for hydroxylation is 1. The maximum atomic E-state index is 14.4. The number of nitrogen functional groups attached to an aromatic ring is 1. The van der Waals surface area contributed by atoms with Crippen LogP contribution in [0.5, 0.6) is 0 Å². The van der Waals surface area contributed by atoms with Crippen LogP contribution in [-0.4, -0.2) is 14.8 Å². The lowest BCUT2D eigenvalue weighted by Crippen LogP contribution is -1.98. The predicted octanol–water partition coefficient (Wildman–Crippen LogP) is 3.63. The van der Waals surface area contributed by atoms with E-state index in [0.717, 1.165) is 0 Å². The molecule has 0 radical (unpaired) electrons. The molecule has 3 rings (SSSR count). The van der Waals surface area contributed by atoms with Crippen LogP contribution in [0.4, 0.5) is 10.2 Å². The normalized spacial score (nSPS) is 10.8. The molecule has 4 nitrogen and oxygen atoms in total. The summed E-state index contributed by atoms with van der Waals surface area (Å²) < 4.78 is 16.3. The number of nitrogens with zero attached hydrogens (tertiary/aromatic N) is 3. The average molecular weight is 347 g/mol. The van der Waals surface area contributed by atoms with Crippen LogP contribution in [0.3, 0.4) is 0 Å². The van der Waals surface area contributed by atoms with E-state index in [1.165, 1.54) is 4.68 Å². The fourth-order valence-corrected chi connectivity index (χ4v) is 2.54. The Hall–Kier alpha value is -2.21. The van der Waals surface area contributed by atoms with Crippen molar-refractivity contribution in [2.75, 3.05) is 5.73 Å². The van der Waals surface area contributed by atoms with Gasteiger partial charge in [0.1, 0.15) is 17.3 Å². The van der Waals surface area contributed by atoms with Gasteiger partial charge in [-0.3, -0.25) is 9.67 Å². The van der Waals surface area contributed by atoms with Gasteiger partial charge in [-0.2, -0.15) is 5.10 Å². The highest BCUT2D eigenvalue weighted by molar-refractivity contribution is 9.10. The first-order valence-corrected chi connectivity index (χ1v) is 7.07. The van der Waals surface area contributed by atoms with Gasteiger partial charge in [-0.1, -0.05) is 12.1 Å². The lowest BCUT2D eigenvalue weighted by Gasteiger charge is -2.05. The molecule has 0 fully saturated rings. The summed E-state index contributed by atoms with van der Waals surface area (Å²) in [6, 6.07) is 10.6. The minimum atomic E-state index is -0.368. The SMILES string of the molecule is Cn1nc(-c2cccc(Br)c2F)c(-c2ccccn2)c1N. The molecule has 3 aromatic rings. The summed E-state index contributed by atoms with van der Waals surface area (Å²) in [5.74, 6) is 0.0795. The Bertz CT molecular complexity index is 799. The third kappa shape index (κ3) is 2.31. The monoisotopic (exact) mass is 346 g/mol. The van der Waals surface area contributed by atoms with E-state index in [4.69, 9.17) is 5.73 Å². The second kappa shape index (κ2) is 5.29. The average Bonchev–Trinajstić information content (AvgIpc) is 2.78. The Kier molecular flexibility index (Phi) is 3.47. The highest BCUT2D eigenvalue weighted by Gasteiger charge is 2.21. The quantitative estimate of drug-likeness (QED) is 0.770. The van der Waals surface area contributed by atoms with Crippen LogP contribution in [-0.2, 0) is 7.05 Å². The third-order valence-electron chi connectivity index (χ3n) is 3.22. The molecule has 1 aromatic carbocycles. The number of anilines is 1. The minimum Gasteiger partial charge on any atom is -0.383 e. The summed E-state index contributed by atoms with van der Waals surface area (Å²) >= 11 is 3.19. The number of hydrogen-bond acceptors (Lipinski definition) is 3. The highest BCUT2D eigenvalue weighted by Crippen LogP contribution is 2.37. The van der Waals surface area contributed by atoms with Gasteiger partial charge in [0, 0.05) is 18.8 Å². The summed E-state index contributed by atoms with van der Waals surface area (Å²) in [6.45, 7) is 0. The zero-order valence-electron chi connectivity index (χ0n) is 11.2. The van der Waals surface area contributed by atoms with Crippen molar-refractivity contribution in [2.24, 2.45) is 7.05 Å². The molecule has 2 heterocycles. The molecule has 0 aliphatic rings. The van der Waals surface area contributed by atoms with Gasteiger partial charge in [0.25, 0.3) is 0 Å². The van der Waals surface area contributed by atoms with Crippen LogP contribution in [0.2, 0.25) is 0 Å². The Morgan fingerprint density at radius 3 is 2.71 bits per heavy atom. The molecule has 0 atom stereocenters. The molecular weight excluding hydrogens is 335 g/mol. The first-order chi connectivity index (χ1) is 10.1. The molecule has 0 bridgehead atoms. The van der Waals surface area contributed by atoms with Crippen molar-refractivity contribution in [3.63, 3.8) is 0 Å². The van der Waals surface area contributed by atoms with Gasteiger partial charge >= 0.3 is 0 Å². The standard InChI is InChI=1S/C15H12BrFN4/c1-21-15(18)12(11-7-2-3-8-19-11)14(20-21)9-5-4-6-10(16)13(9)17/h2-8H,18H2,1H3. The van der Waals surface area contributed by atoms with Crippen molar-refractivity contribution >= 4 is 21.7 Å². The molecule has 21 heavy (non-hydrogen) atoms. The van der Waals surface area contributed by atoms with Crippen molar-refractivity contribution < 1.29 is 4.39 Å². The maximum absolute atomic E-state index is 14.4. The van der Waals surface area contributed by atoms with E-state index in [0.29, 0.717) is 32.8 Å². The fourth-order valence-electron chi connectivity index (χ4n) is 2.18. The molecule has 0 aliphatic carbocycles. The topological polar surface area (TPSA) is 56.7 Å². The van der Waals surface area contributed by atoms with Gasteiger partial charge < -0.3 is 5.73 Å². The molecule has 0 amide bonds. The maximum Gasteiger partial charge on any atom is 0.146 e. The first-order valence-electron chi connectivity index (χ1n) is 6.28. The van der Waals surface area contributed by atoms with Crippen LogP contribution < -0.4 is 5.73 Å². The Balaban J connectivity index is 2.30. The summed E-state index contributed by atoms with van der Waals surface area (Å²) in [6.07, 6.45) is 1.67. The number of pyridine rings is 1. The van der Waals surface area contributed by atoms with E-state index in [9.17, 15) is 4.39 Å². The molecule has 0 unspecified atom stereocenters. The minimum absolute atomic E-state index is 0.368. The Morgan fingerprint density at radius 1 is 1.19 bits per heavy atom. The van der Waals surface area contributed by atoms with Crippen LogP contribution in [0.15, 0.2) is 47.1 Å². The molecule has 0 aliphatic heterocycles. The van der Waals surface area contributed by atoms with Gasteiger partial charge in [-0.25, -0.2) is 4.39 Å². The van der Waals surface area contributed by atoms with E-state index < -0.39 is 0 Å². The van der Waals surface area contributed by atoms with E-state index >= 15 is 0 Å². The first kappa shape index (κ1) is 13.8. The summed E-state index contributed by atoms with van der Waals surface area (Å²) in [7, 11) is 1.72. The molecule has 0 spiro atoms. The molecular formula is C15H12BrFN4. The number of benzene rings is 1. The lowest BCUT2D eigenvalue weighted by molar-refractivity contribution is 0.623.